The highest BCUT2D eigenvalue weighted by Gasteiger charge is 2.28. The van der Waals surface area contributed by atoms with Crippen molar-refractivity contribution in [3.8, 4) is 11.5 Å². The van der Waals surface area contributed by atoms with Gasteiger partial charge >= 0.3 is 0 Å². The second-order valence-corrected chi connectivity index (χ2v) is 3.57. The Hall–Kier alpha value is -1.51. The van der Waals surface area contributed by atoms with Gasteiger partial charge in [-0.1, -0.05) is 12.1 Å². The van der Waals surface area contributed by atoms with Crippen molar-refractivity contribution in [2.24, 2.45) is 0 Å². The van der Waals surface area contributed by atoms with Crippen LogP contribution in [-0.2, 0) is 4.79 Å². The lowest BCUT2D eigenvalue weighted by Gasteiger charge is -2.26. The normalized spacial score (nSPS) is 15.9. The first-order valence-electron chi connectivity index (χ1n) is 5.19. The highest BCUT2D eigenvalue weighted by molar-refractivity contribution is 5.85. The number of benzene rings is 1. The van der Waals surface area contributed by atoms with Gasteiger partial charge in [-0.15, -0.1) is 0 Å². The Morgan fingerprint density at radius 1 is 1.27 bits per heavy atom. The van der Waals surface area contributed by atoms with Gasteiger partial charge < -0.3 is 9.47 Å². The van der Waals surface area contributed by atoms with Crippen LogP contribution in [0.5, 0.6) is 11.5 Å². The number of rotatable bonds is 4. The lowest BCUT2D eigenvalue weighted by molar-refractivity contribution is -0.129. The standard InChI is InChI=1S/C12H14O3/c1-2-14-11-5-3-4-6-12(11)15-10-7-9(13)8-10/h3-6,10H,2,7-8H2,1H3. The molecular formula is C12H14O3. The summed E-state index contributed by atoms with van der Waals surface area (Å²) in [6.07, 6.45) is 1.10. The Balaban J connectivity index is 2.03. The third-order valence-electron chi connectivity index (χ3n) is 2.35. The predicted molar refractivity (Wildman–Crippen MR) is 56.3 cm³/mol. The van der Waals surface area contributed by atoms with E-state index in [4.69, 9.17) is 9.47 Å². The summed E-state index contributed by atoms with van der Waals surface area (Å²) < 4.78 is 11.1. The van der Waals surface area contributed by atoms with Crippen molar-refractivity contribution in [3.63, 3.8) is 0 Å². The number of Topliss-reactive ketones (excluding diaryl/α,β-unsaturated/α-hetero) is 1. The third-order valence-corrected chi connectivity index (χ3v) is 2.35. The Bertz CT molecular complexity index is 352. The summed E-state index contributed by atoms with van der Waals surface area (Å²) in [5.41, 5.74) is 0. The molecule has 80 valence electrons. The van der Waals surface area contributed by atoms with Crippen molar-refractivity contribution in [1.82, 2.24) is 0 Å². The topological polar surface area (TPSA) is 35.5 Å². The van der Waals surface area contributed by atoms with E-state index < -0.39 is 0 Å². The van der Waals surface area contributed by atoms with E-state index in [1.165, 1.54) is 0 Å². The molecular weight excluding hydrogens is 192 g/mol. The first kappa shape index (κ1) is 10.0. The van der Waals surface area contributed by atoms with E-state index in [0.29, 0.717) is 19.4 Å². The lowest BCUT2D eigenvalue weighted by atomic mass is 9.94. The van der Waals surface area contributed by atoms with Crippen LogP contribution in [0.15, 0.2) is 24.3 Å². The summed E-state index contributed by atoms with van der Waals surface area (Å²) >= 11 is 0. The molecule has 1 aliphatic carbocycles. The molecule has 0 amide bonds. The van der Waals surface area contributed by atoms with Crippen LogP contribution < -0.4 is 9.47 Å². The van der Waals surface area contributed by atoms with Gasteiger partial charge in [-0.05, 0) is 19.1 Å². The maximum Gasteiger partial charge on any atom is 0.161 e. The van der Waals surface area contributed by atoms with Crippen molar-refractivity contribution in [2.75, 3.05) is 6.61 Å². The first-order chi connectivity index (χ1) is 7.29. The molecule has 0 aliphatic heterocycles. The zero-order chi connectivity index (χ0) is 10.7. The molecule has 1 aromatic carbocycles. The fourth-order valence-electron chi connectivity index (χ4n) is 1.53. The van der Waals surface area contributed by atoms with Crippen molar-refractivity contribution in [1.29, 1.82) is 0 Å². The molecule has 0 spiro atoms. The van der Waals surface area contributed by atoms with Crippen LogP contribution in [0.1, 0.15) is 19.8 Å². The highest BCUT2D eigenvalue weighted by atomic mass is 16.5. The van der Waals surface area contributed by atoms with Crippen LogP contribution in [0.2, 0.25) is 0 Å². The number of carbonyl (C=O) groups excluding carboxylic acids is 1. The molecule has 0 heterocycles. The Kier molecular flexibility index (Phi) is 2.90. The van der Waals surface area contributed by atoms with Crippen molar-refractivity contribution in [3.05, 3.63) is 24.3 Å². The van der Waals surface area contributed by atoms with Crippen molar-refractivity contribution < 1.29 is 14.3 Å². The van der Waals surface area contributed by atoms with Crippen LogP contribution in [-0.4, -0.2) is 18.5 Å². The number of ether oxygens (including phenoxy) is 2. The van der Waals surface area contributed by atoms with Crippen LogP contribution in [0.25, 0.3) is 0 Å². The number of para-hydroxylation sites is 2. The molecule has 3 heteroatoms. The van der Waals surface area contributed by atoms with E-state index in [0.717, 1.165) is 11.5 Å². The molecule has 3 nitrogen and oxygen atoms in total. The van der Waals surface area contributed by atoms with Gasteiger partial charge in [-0.3, -0.25) is 4.79 Å². The second kappa shape index (κ2) is 4.34. The molecule has 0 saturated heterocycles. The van der Waals surface area contributed by atoms with Gasteiger partial charge in [0.05, 0.1) is 6.61 Å². The van der Waals surface area contributed by atoms with E-state index in [-0.39, 0.29) is 11.9 Å². The lowest BCUT2D eigenvalue weighted by Crippen LogP contribution is -2.33. The van der Waals surface area contributed by atoms with E-state index >= 15 is 0 Å². The van der Waals surface area contributed by atoms with Gasteiger partial charge in [0.25, 0.3) is 0 Å². The molecule has 0 unspecified atom stereocenters. The van der Waals surface area contributed by atoms with E-state index in [2.05, 4.69) is 0 Å². The van der Waals surface area contributed by atoms with Crippen LogP contribution >= 0.6 is 0 Å². The SMILES string of the molecule is CCOc1ccccc1OC1CC(=O)C1. The smallest absolute Gasteiger partial charge is 0.161 e. The molecule has 0 N–H and O–H groups in total. The maximum absolute atomic E-state index is 10.8. The number of carbonyl (C=O) groups is 1. The van der Waals surface area contributed by atoms with E-state index in [9.17, 15) is 4.79 Å². The quantitative estimate of drug-likeness (QED) is 0.757. The summed E-state index contributed by atoms with van der Waals surface area (Å²) in [6, 6.07) is 7.55. The minimum Gasteiger partial charge on any atom is -0.490 e. The molecule has 1 fully saturated rings. The van der Waals surface area contributed by atoms with Crippen LogP contribution in [0, 0.1) is 0 Å². The minimum absolute atomic E-state index is 0.0408. The molecule has 1 aromatic rings. The van der Waals surface area contributed by atoms with Gasteiger partial charge in [0, 0.05) is 12.8 Å². The summed E-state index contributed by atoms with van der Waals surface area (Å²) in [4.78, 5) is 10.8. The average molecular weight is 206 g/mol. The molecule has 1 saturated carbocycles. The molecule has 0 aromatic heterocycles. The molecule has 1 aliphatic rings. The summed E-state index contributed by atoms with van der Waals surface area (Å²) in [6.45, 7) is 2.55. The average Bonchev–Trinajstić information content (AvgIpc) is 2.19. The third kappa shape index (κ3) is 2.29. The Labute approximate surface area is 89.0 Å². The van der Waals surface area contributed by atoms with Crippen molar-refractivity contribution >= 4 is 5.78 Å². The summed E-state index contributed by atoms with van der Waals surface area (Å²) in [5.74, 6) is 1.75. The molecule has 0 bridgehead atoms. The van der Waals surface area contributed by atoms with Gasteiger partial charge in [0.2, 0.25) is 0 Å². The zero-order valence-electron chi connectivity index (χ0n) is 8.73. The van der Waals surface area contributed by atoms with Crippen LogP contribution in [0.4, 0.5) is 0 Å². The molecule has 15 heavy (non-hydrogen) atoms. The van der Waals surface area contributed by atoms with E-state index in [1.807, 2.05) is 31.2 Å². The van der Waals surface area contributed by atoms with E-state index in [1.54, 1.807) is 0 Å². The minimum atomic E-state index is 0.0408. The largest absolute Gasteiger partial charge is 0.490 e. The van der Waals surface area contributed by atoms with Gasteiger partial charge in [0.1, 0.15) is 11.9 Å². The number of ketones is 1. The Morgan fingerprint density at radius 3 is 2.53 bits per heavy atom. The van der Waals surface area contributed by atoms with Gasteiger partial charge in [-0.2, -0.15) is 0 Å². The number of hydrogen-bond acceptors (Lipinski definition) is 3. The monoisotopic (exact) mass is 206 g/mol. The fraction of sp³-hybridized carbons (Fsp3) is 0.417. The summed E-state index contributed by atoms with van der Waals surface area (Å²) in [7, 11) is 0. The van der Waals surface area contributed by atoms with Crippen LogP contribution in [0.3, 0.4) is 0 Å². The first-order valence-corrected chi connectivity index (χ1v) is 5.19. The maximum atomic E-state index is 10.8. The number of hydrogen-bond donors (Lipinski definition) is 0. The highest BCUT2D eigenvalue weighted by Crippen LogP contribution is 2.30. The molecule has 2 rings (SSSR count). The van der Waals surface area contributed by atoms with Gasteiger partial charge in [-0.25, -0.2) is 0 Å². The zero-order valence-corrected chi connectivity index (χ0v) is 8.73. The second-order valence-electron chi connectivity index (χ2n) is 3.57. The van der Waals surface area contributed by atoms with Crippen molar-refractivity contribution in [2.45, 2.75) is 25.9 Å². The van der Waals surface area contributed by atoms with Gasteiger partial charge in [0.15, 0.2) is 11.5 Å². The Morgan fingerprint density at radius 2 is 1.93 bits per heavy atom. The predicted octanol–water partition coefficient (Wildman–Crippen LogP) is 2.20. The fourth-order valence-corrected chi connectivity index (χ4v) is 1.53. The molecule has 0 atom stereocenters. The molecule has 0 radical (unpaired) electrons. The summed E-state index contributed by atoms with van der Waals surface area (Å²) in [5, 5.41) is 0.